The molecule has 1 atom stereocenters. The Labute approximate surface area is 122 Å². The third-order valence-electron chi connectivity index (χ3n) is 3.35. The molecule has 1 heterocycles. The Balaban J connectivity index is 2.24. The number of rotatable bonds is 5. The molecule has 1 aliphatic heterocycles. The van der Waals surface area contributed by atoms with Crippen LogP contribution in [-0.2, 0) is 4.74 Å². The summed E-state index contributed by atoms with van der Waals surface area (Å²) in [5, 5.41) is 18.5. The minimum atomic E-state index is -0.605. The number of hydrogen-bond donors (Lipinski definition) is 1. The number of aliphatic hydroxyl groups is 1. The van der Waals surface area contributed by atoms with E-state index >= 15 is 0 Å². The van der Waals surface area contributed by atoms with Crippen molar-refractivity contribution in [1.29, 1.82) is 5.26 Å². The standard InChI is InChI=1S/C14H15ClN2O3/c1-9-11(15)3-2-10-12(8-16)17(14(19)13(9)10)4-6-20-7-5-18/h2-3,12,18H,4-7H2,1H3. The van der Waals surface area contributed by atoms with E-state index in [1.807, 2.05) is 0 Å². The van der Waals surface area contributed by atoms with Crippen LogP contribution in [0.3, 0.4) is 0 Å². The van der Waals surface area contributed by atoms with Crippen LogP contribution in [0.2, 0.25) is 5.02 Å². The van der Waals surface area contributed by atoms with Crippen molar-refractivity contribution in [2.24, 2.45) is 0 Å². The molecule has 0 aliphatic carbocycles. The minimum Gasteiger partial charge on any atom is -0.394 e. The van der Waals surface area contributed by atoms with Gasteiger partial charge < -0.3 is 14.7 Å². The van der Waals surface area contributed by atoms with E-state index in [-0.39, 0.29) is 25.7 Å². The van der Waals surface area contributed by atoms with E-state index in [4.69, 9.17) is 21.4 Å². The first-order valence-corrected chi connectivity index (χ1v) is 6.67. The average molecular weight is 295 g/mol. The maximum atomic E-state index is 12.4. The van der Waals surface area contributed by atoms with Crippen LogP contribution >= 0.6 is 11.6 Å². The Morgan fingerprint density at radius 2 is 2.25 bits per heavy atom. The van der Waals surface area contributed by atoms with Gasteiger partial charge in [-0.25, -0.2) is 0 Å². The summed E-state index contributed by atoms with van der Waals surface area (Å²) in [6.07, 6.45) is 0. The second-order valence-corrected chi connectivity index (χ2v) is 4.91. The molecule has 6 heteroatoms. The highest BCUT2D eigenvalue weighted by Crippen LogP contribution is 2.37. The second-order valence-electron chi connectivity index (χ2n) is 4.50. The lowest BCUT2D eigenvalue weighted by atomic mass is 10.0. The van der Waals surface area contributed by atoms with Gasteiger partial charge in [0.05, 0.1) is 31.5 Å². The molecule has 0 aromatic heterocycles. The molecule has 0 fully saturated rings. The summed E-state index contributed by atoms with van der Waals surface area (Å²) >= 11 is 6.04. The lowest BCUT2D eigenvalue weighted by Gasteiger charge is -2.19. The fraction of sp³-hybridized carbons (Fsp3) is 0.429. The third kappa shape index (κ3) is 2.50. The van der Waals surface area contributed by atoms with Crippen molar-refractivity contribution >= 4 is 17.5 Å². The Kier molecular flexibility index (Phi) is 4.61. The Morgan fingerprint density at radius 1 is 1.50 bits per heavy atom. The van der Waals surface area contributed by atoms with Gasteiger partial charge in [-0.1, -0.05) is 17.7 Å². The van der Waals surface area contributed by atoms with E-state index in [1.54, 1.807) is 19.1 Å². The number of carbonyl (C=O) groups excluding carboxylic acids is 1. The number of carbonyl (C=O) groups is 1. The van der Waals surface area contributed by atoms with E-state index in [0.717, 1.165) is 0 Å². The molecule has 20 heavy (non-hydrogen) atoms. The van der Waals surface area contributed by atoms with Crippen molar-refractivity contribution in [1.82, 2.24) is 4.90 Å². The molecule has 1 unspecified atom stereocenters. The van der Waals surface area contributed by atoms with Crippen molar-refractivity contribution in [3.8, 4) is 6.07 Å². The molecule has 5 nitrogen and oxygen atoms in total. The van der Waals surface area contributed by atoms with Crippen LogP contribution in [0, 0.1) is 18.3 Å². The van der Waals surface area contributed by atoms with E-state index in [0.29, 0.717) is 28.3 Å². The van der Waals surface area contributed by atoms with Crippen molar-refractivity contribution < 1.29 is 14.6 Å². The molecule has 0 saturated carbocycles. The van der Waals surface area contributed by atoms with Crippen molar-refractivity contribution in [3.05, 3.63) is 33.8 Å². The molecule has 0 bridgehead atoms. The van der Waals surface area contributed by atoms with Crippen LogP contribution in [-0.4, -0.2) is 42.3 Å². The first-order valence-electron chi connectivity index (χ1n) is 6.30. The first kappa shape index (κ1) is 14.8. The molecule has 1 aromatic carbocycles. The number of halogens is 1. The molecular weight excluding hydrogens is 280 g/mol. The zero-order valence-corrected chi connectivity index (χ0v) is 11.9. The van der Waals surface area contributed by atoms with Crippen LogP contribution in [0.5, 0.6) is 0 Å². The fourth-order valence-electron chi connectivity index (χ4n) is 2.35. The summed E-state index contributed by atoms with van der Waals surface area (Å²) in [5.41, 5.74) is 1.92. The van der Waals surface area contributed by atoms with Crippen molar-refractivity contribution in [2.45, 2.75) is 13.0 Å². The summed E-state index contributed by atoms with van der Waals surface area (Å²) in [7, 11) is 0. The Morgan fingerprint density at radius 3 is 2.90 bits per heavy atom. The second kappa shape index (κ2) is 6.23. The zero-order chi connectivity index (χ0) is 14.7. The van der Waals surface area contributed by atoms with Crippen molar-refractivity contribution in [3.63, 3.8) is 0 Å². The maximum Gasteiger partial charge on any atom is 0.255 e. The predicted molar refractivity (Wildman–Crippen MR) is 73.5 cm³/mol. The largest absolute Gasteiger partial charge is 0.394 e. The maximum absolute atomic E-state index is 12.4. The topological polar surface area (TPSA) is 73.6 Å². The van der Waals surface area contributed by atoms with Gasteiger partial charge in [0.25, 0.3) is 5.91 Å². The van der Waals surface area contributed by atoms with Crippen LogP contribution in [0.25, 0.3) is 0 Å². The number of ether oxygens (including phenoxy) is 1. The molecule has 1 aliphatic rings. The Bertz CT molecular complexity index is 568. The zero-order valence-electron chi connectivity index (χ0n) is 11.1. The summed E-state index contributed by atoms with van der Waals surface area (Å²) in [6, 6.07) is 4.97. The van der Waals surface area contributed by atoms with Gasteiger partial charge in [0.1, 0.15) is 6.04 Å². The van der Waals surface area contributed by atoms with Crippen LogP contribution < -0.4 is 0 Å². The lowest BCUT2D eigenvalue weighted by molar-refractivity contribution is 0.0557. The number of nitriles is 1. The van der Waals surface area contributed by atoms with E-state index in [1.165, 1.54) is 4.90 Å². The van der Waals surface area contributed by atoms with Crippen LogP contribution in [0.15, 0.2) is 12.1 Å². The number of amides is 1. The Hall–Kier alpha value is -1.61. The molecule has 1 aromatic rings. The van der Waals surface area contributed by atoms with Gasteiger partial charge >= 0.3 is 0 Å². The molecule has 1 amide bonds. The first-order chi connectivity index (χ1) is 9.61. The SMILES string of the molecule is Cc1c(Cl)ccc2c1C(=O)N(CCOCCO)C2C#N. The van der Waals surface area contributed by atoms with Gasteiger partial charge in [-0.05, 0) is 18.6 Å². The highest BCUT2D eigenvalue weighted by Gasteiger charge is 2.38. The predicted octanol–water partition coefficient (Wildman–Crippen LogP) is 1.68. The lowest BCUT2D eigenvalue weighted by Crippen LogP contribution is -2.31. The fourth-order valence-corrected chi connectivity index (χ4v) is 2.50. The van der Waals surface area contributed by atoms with Gasteiger partial charge in [0, 0.05) is 17.1 Å². The molecule has 0 saturated heterocycles. The third-order valence-corrected chi connectivity index (χ3v) is 3.76. The van der Waals surface area contributed by atoms with Gasteiger partial charge in [-0.2, -0.15) is 5.26 Å². The number of benzene rings is 1. The number of nitrogens with zero attached hydrogens (tertiary/aromatic N) is 2. The average Bonchev–Trinajstić information content (AvgIpc) is 2.72. The molecule has 0 radical (unpaired) electrons. The van der Waals surface area contributed by atoms with Gasteiger partial charge in [-0.3, -0.25) is 4.79 Å². The quantitative estimate of drug-likeness (QED) is 0.839. The van der Waals surface area contributed by atoms with Gasteiger partial charge in [-0.15, -0.1) is 0 Å². The monoisotopic (exact) mass is 294 g/mol. The molecule has 2 rings (SSSR count). The van der Waals surface area contributed by atoms with Crippen molar-refractivity contribution in [2.75, 3.05) is 26.4 Å². The van der Waals surface area contributed by atoms with Gasteiger partial charge in [0.15, 0.2) is 0 Å². The summed E-state index contributed by atoms with van der Waals surface area (Å²) in [4.78, 5) is 13.9. The highest BCUT2D eigenvalue weighted by atomic mass is 35.5. The molecule has 106 valence electrons. The summed E-state index contributed by atoms with van der Waals surface area (Å²) < 4.78 is 5.16. The summed E-state index contributed by atoms with van der Waals surface area (Å²) in [6.45, 7) is 2.52. The molecule has 1 N–H and O–H groups in total. The smallest absolute Gasteiger partial charge is 0.255 e. The van der Waals surface area contributed by atoms with Crippen LogP contribution in [0.4, 0.5) is 0 Å². The summed E-state index contributed by atoms with van der Waals surface area (Å²) in [5.74, 6) is -0.195. The highest BCUT2D eigenvalue weighted by molar-refractivity contribution is 6.32. The van der Waals surface area contributed by atoms with E-state index < -0.39 is 6.04 Å². The van der Waals surface area contributed by atoms with E-state index in [2.05, 4.69) is 6.07 Å². The van der Waals surface area contributed by atoms with Gasteiger partial charge in [0.2, 0.25) is 0 Å². The number of hydrogen-bond acceptors (Lipinski definition) is 4. The van der Waals surface area contributed by atoms with Crippen LogP contribution in [0.1, 0.15) is 27.5 Å². The van der Waals surface area contributed by atoms with E-state index in [9.17, 15) is 10.1 Å². The number of aliphatic hydroxyl groups excluding tert-OH is 1. The normalized spacial score (nSPS) is 17.2. The number of fused-ring (bicyclic) bond motifs is 1. The minimum absolute atomic E-state index is 0.0649. The molecule has 0 spiro atoms. The molecular formula is C14H15ClN2O3.